The Morgan fingerprint density at radius 1 is 1.19 bits per heavy atom. The molecule has 0 aliphatic carbocycles. The van der Waals surface area contributed by atoms with E-state index in [1.54, 1.807) is 18.2 Å². The van der Waals surface area contributed by atoms with Crippen LogP contribution < -0.4 is 5.32 Å². The average Bonchev–Trinajstić information content (AvgIpc) is 2.94. The monoisotopic (exact) mass is 509 g/mol. The predicted octanol–water partition coefficient (Wildman–Crippen LogP) is 6.26. The van der Waals surface area contributed by atoms with E-state index in [4.69, 9.17) is 34.8 Å². The molecular formula is C19H13Cl3F3N3O2S. The summed E-state index contributed by atoms with van der Waals surface area (Å²) in [5, 5.41) is 1.95. The van der Waals surface area contributed by atoms with Crippen molar-refractivity contribution in [2.75, 3.05) is 12.4 Å². The fourth-order valence-corrected chi connectivity index (χ4v) is 4.40. The SMILES string of the molecule is CN1C(=O)[C@@H](CC(=O)Nc2cccc(Cl)c2Cl)SC1=Nc1ccc(Cl)c(C(F)(F)F)c1. The van der Waals surface area contributed by atoms with Crippen molar-refractivity contribution >= 4 is 74.9 Å². The topological polar surface area (TPSA) is 61.8 Å². The van der Waals surface area contributed by atoms with Crippen LogP contribution in [0.1, 0.15) is 12.0 Å². The Hall–Kier alpha value is -1.94. The molecule has 31 heavy (non-hydrogen) atoms. The smallest absolute Gasteiger partial charge is 0.325 e. The van der Waals surface area contributed by atoms with Crippen molar-refractivity contribution in [1.82, 2.24) is 4.90 Å². The molecule has 1 N–H and O–H groups in total. The highest BCUT2D eigenvalue weighted by molar-refractivity contribution is 8.15. The van der Waals surface area contributed by atoms with Gasteiger partial charge in [0.25, 0.3) is 0 Å². The molecule has 0 spiro atoms. The number of amides is 2. The van der Waals surface area contributed by atoms with Crippen LogP contribution in [-0.2, 0) is 15.8 Å². The normalized spacial score (nSPS) is 18.0. The molecule has 2 aromatic carbocycles. The molecule has 1 aliphatic heterocycles. The standard InChI is InChI=1S/C19H13Cl3F3N3O2S/c1-28-17(30)14(8-15(29)27-13-4-2-3-12(21)16(13)22)31-18(28)26-9-5-6-11(20)10(7-9)19(23,24)25/h2-7,14H,8H2,1H3,(H,27,29)/t14-/m1/s1. The summed E-state index contributed by atoms with van der Waals surface area (Å²) in [6.07, 6.45) is -4.83. The van der Waals surface area contributed by atoms with Crippen LogP contribution in [-0.4, -0.2) is 34.2 Å². The second-order valence-electron chi connectivity index (χ2n) is 6.41. The van der Waals surface area contributed by atoms with Gasteiger partial charge in [0.15, 0.2) is 5.17 Å². The Labute approximate surface area is 194 Å². The van der Waals surface area contributed by atoms with Gasteiger partial charge in [-0.2, -0.15) is 13.2 Å². The van der Waals surface area contributed by atoms with Gasteiger partial charge in [0.1, 0.15) is 5.25 Å². The fourth-order valence-electron chi connectivity index (χ4n) is 2.68. The molecule has 0 saturated carbocycles. The summed E-state index contributed by atoms with van der Waals surface area (Å²) < 4.78 is 39.2. The van der Waals surface area contributed by atoms with E-state index in [0.717, 1.165) is 23.9 Å². The lowest BCUT2D eigenvalue weighted by Gasteiger charge is -2.11. The van der Waals surface area contributed by atoms with E-state index in [9.17, 15) is 22.8 Å². The zero-order valence-electron chi connectivity index (χ0n) is 15.6. The molecule has 0 aromatic heterocycles. The first-order valence-electron chi connectivity index (χ1n) is 8.61. The third kappa shape index (κ3) is 5.46. The van der Waals surface area contributed by atoms with Gasteiger partial charge in [-0.1, -0.05) is 52.6 Å². The number of benzene rings is 2. The number of halogens is 6. The number of amidine groups is 1. The van der Waals surface area contributed by atoms with Crippen molar-refractivity contribution in [2.45, 2.75) is 17.8 Å². The van der Waals surface area contributed by atoms with E-state index in [-0.39, 0.29) is 27.3 Å². The van der Waals surface area contributed by atoms with Gasteiger partial charge in [0.05, 0.1) is 32.0 Å². The van der Waals surface area contributed by atoms with Crippen molar-refractivity contribution in [3.63, 3.8) is 0 Å². The zero-order valence-corrected chi connectivity index (χ0v) is 18.7. The molecule has 2 amide bonds. The molecule has 0 unspecified atom stereocenters. The molecule has 12 heteroatoms. The van der Waals surface area contributed by atoms with Crippen molar-refractivity contribution in [3.05, 3.63) is 57.0 Å². The maximum absolute atomic E-state index is 13.1. The first-order valence-corrected chi connectivity index (χ1v) is 10.6. The Bertz CT molecular complexity index is 1080. The molecule has 1 aliphatic rings. The molecule has 0 radical (unpaired) electrons. The van der Waals surface area contributed by atoms with Crippen LogP contribution in [0.3, 0.4) is 0 Å². The molecular weight excluding hydrogens is 498 g/mol. The van der Waals surface area contributed by atoms with Gasteiger partial charge in [-0.25, -0.2) is 4.99 Å². The highest BCUT2D eigenvalue weighted by Crippen LogP contribution is 2.38. The fraction of sp³-hybridized carbons (Fsp3) is 0.211. The number of anilines is 1. The first-order chi connectivity index (χ1) is 14.5. The number of nitrogens with one attached hydrogen (secondary N) is 1. The van der Waals surface area contributed by atoms with Crippen LogP contribution in [0.15, 0.2) is 41.4 Å². The second-order valence-corrected chi connectivity index (χ2v) is 8.78. The van der Waals surface area contributed by atoms with Crippen LogP contribution in [0.2, 0.25) is 15.1 Å². The highest BCUT2D eigenvalue weighted by atomic mass is 35.5. The van der Waals surface area contributed by atoms with E-state index in [1.165, 1.54) is 18.0 Å². The first kappa shape index (κ1) is 23.7. The van der Waals surface area contributed by atoms with E-state index >= 15 is 0 Å². The van der Waals surface area contributed by atoms with Crippen molar-refractivity contribution in [2.24, 2.45) is 4.99 Å². The summed E-state index contributed by atoms with van der Waals surface area (Å²) in [4.78, 5) is 30.2. The molecule has 0 bridgehead atoms. The van der Waals surface area contributed by atoms with Crippen molar-refractivity contribution in [3.8, 4) is 0 Å². The molecule has 1 fully saturated rings. The van der Waals surface area contributed by atoms with Gasteiger partial charge in [-0.3, -0.25) is 14.5 Å². The van der Waals surface area contributed by atoms with Crippen LogP contribution in [0.25, 0.3) is 0 Å². The Kier molecular flexibility index (Phi) is 7.10. The van der Waals surface area contributed by atoms with Crippen LogP contribution in [0.4, 0.5) is 24.5 Å². The Morgan fingerprint density at radius 2 is 1.90 bits per heavy atom. The molecule has 1 saturated heterocycles. The van der Waals surface area contributed by atoms with Gasteiger partial charge >= 0.3 is 6.18 Å². The summed E-state index contributed by atoms with van der Waals surface area (Å²) in [7, 11) is 1.43. The summed E-state index contributed by atoms with van der Waals surface area (Å²) in [6, 6.07) is 7.94. The Balaban J connectivity index is 1.75. The van der Waals surface area contributed by atoms with Crippen LogP contribution >= 0.6 is 46.6 Å². The second kappa shape index (κ2) is 9.28. The summed E-state index contributed by atoms with van der Waals surface area (Å²) >= 11 is 18.5. The maximum Gasteiger partial charge on any atom is 0.417 e. The largest absolute Gasteiger partial charge is 0.417 e. The molecule has 1 atom stereocenters. The maximum atomic E-state index is 13.1. The molecule has 1 heterocycles. The highest BCUT2D eigenvalue weighted by Gasteiger charge is 2.37. The van der Waals surface area contributed by atoms with Gasteiger partial charge < -0.3 is 5.32 Å². The molecule has 164 valence electrons. The third-order valence-corrected chi connectivity index (χ3v) is 6.59. The van der Waals surface area contributed by atoms with Crippen molar-refractivity contribution in [1.29, 1.82) is 0 Å². The lowest BCUT2D eigenvalue weighted by molar-refractivity contribution is -0.137. The van der Waals surface area contributed by atoms with Crippen molar-refractivity contribution < 1.29 is 22.8 Å². The Morgan fingerprint density at radius 3 is 2.58 bits per heavy atom. The van der Waals surface area contributed by atoms with Gasteiger partial charge in [-0.05, 0) is 30.3 Å². The van der Waals surface area contributed by atoms with E-state index in [0.29, 0.717) is 5.69 Å². The van der Waals surface area contributed by atoms with E-state index < -0.39 is 33.8 Å². The van der Waals surface area contributed by atoms with Gasteiger partial charge in [-0.15, -0.1) is 0 Å². The summed E-state index contributed by atoms with van der Waals surface area (Å²) in [5.74, 6) is -0.878. The van der Waals surface area contributed by atoms with E-state index in [1.807, 2.05) is 0 Å². The van der Waals surface area contributed by atoms with Gasteiger partial charge in [0.2, 0.25) is 11.8 Å². The lowest BCUT2D eigenvalue weighted by atomic mass is 10.2. The summed E-state index contributed by atoms with van der Waals surface area (Å²) in [6.45, 7) is 0. The number of aliphatic imine (C=N–C) groups is 1. The number of hydrogen-bond acceptors (Lipinski definition) is 4. The summed E-state index contributed by atoms with van der Waals surface area (Å²) in [5.41, 5.74) is -0.741. The number of rotatable bonds is 4. The number of carbonyl (C=O) groups is 2. The minimum Gasteiger partial charge on any atom is -0.325 e. The molecule has 3 rings (SSSR count). The lowest BCUT2D eigenvalue weighted by Crippen LogP contribution is -2.30. The molecule has 2 aromatic rings. The average molecular weight is 511 g/mol. The minimum atomic E-state index is -4.64. The van der Waals surface area contributed by atoms with E-state index in [2.05, 4.69) is 10.3 Å². The quantitative estimate of drug-likeness (QED) is 0.528. The zero-order chi connectivity index (χ0) is 22.9. The predicted molar refractivity (Wildman–Crippen MR) is 117 cm³/mol. The number of thioether (sulfide) groups is 1. The third-order valence-electron chi connectivity index (χ3n) is 4.22. The van der Waals surface area contributed by atoms with Crippen LogP contribution in [0.5, 0.6) is 0 Å². The number of alkyl halides is 3. The number of hydrogen-bond donors (Lipinski definition) is 1. The molecule has 5 nitrogen and oxygen atoms in total. The minimum absolute atomic E-state index is 0.0188. The number of nitrogens with zero attached hydrogens (tertiary/aromatic N) is 2. The number of carbonyl (C=O) groups excluding carboxylic acids is 2. The van der Waals surface area contributed by atoms with Gasteiger partial charge in [0, 0.05) is 13.5 Å². The van der Waals surface area contributed by atoms with Crippen LogP contribution in [0, 0.1) is 0 Å².